The van der Waals surface area contributed by atoms with E-state index in [-0.39, 0.29) is 23.4 Å². The first-order chi connectivity index (χ1) is 14.7. The Kier molecular flexibility index (Phi) is 6.71. The maximum Gasteiger partial charge on any atom is 0.390 e. The van der Waals surface area contributed by atoms with Gasteiger partial charge in [-0.1, -0.05) is 0 Å². The molecule has 3 rings (SSSR count). The molecule has 168 valence electrons. The van der Waals surface area contributed by atoms with Crippen molar-refractivity contribution in [2.45, 2.75) is 39.2 Å². The molecule has 2 aromatic heterocycles. The number of ether oxygens (including phenoxy) is 1. The van der Waals surface area contributed by atoms with Crippen LogP contribution in [0.3, 0.4) is 0 Å². The summed E-state index contributed by atoms with van der Waals surface area (Å²) >= 11 is 1.11. The van der Waals surface area contributed by atoms with Crippen LogP contribution in [0.25, 0.3) is 10.2 Å². The van der Waals surface area contributed by atoms with Gasteiger partial charge in [0.1, 0.15) is 4.83 Å². The largest absolute Gasteiger partial charge is 0.390 e. The molecule has 0 atom stereocenters. The first kappa shape index (κ1) is 22.8. The molecule has 0 spiro atoms. The van der Waals surface area contributed by atoms with Crippen LogP contribution in [-0.2, 0) is 24.4 Å². The number of thiophene rings is 1. The molecule has 0 bridgehead atoms. The zero-order valence-corrected chi connectivity index (χ0v) is 17.8. The molecule has 31 heavy (non-hydrogen) atoms. The predicted octanol–water partition coefficient (Wildman–Crippen LogP) is 1.37. The van der Waals surface area contributed by atoms with Crippen molar-refractivity contribution in [3.63, 3.8) is 0 Å². The zero-order valence-electron chi connectivity index (χ0n) is 17.0. The lowest BCUT2D eigenvalue weighted by Crippen LogP contribution is -2.41. The van der Waals surface area contributed by atoms with E-state index in [1.54, 1.807) is 13.1 Å². The lowest BCUT2D eigenvalue weighted by molar-refractivity contribution is -0.136. The number of guanidine groups is 1. The maximum atomic E-state index is 13.0. The number of hydrogen-bond donors (Lipinski definition) is 1. The highest BCUT2D eigenvalue weighted by Crippen LogP contribution is 2.30. The SMILES string of the molecule is COCCn1c(=O)c2c(C)c(CN3CCN/C3=N\C#N)sc2n(CCC(F)(F)F)c1=O. The van der Waals surface area contributed by atoms with Gasteiger partial charge in [-0.3, -0.25) is 13.9 Å². The van der Waals surface area contributed by atoms with Gasteiger partial charge in [0.05, 0.1) is 31.5 Å². The minimum atomic E-state index is -4.45. The third-order valence-electron chi connectivity index (χ3n) is 4.99. The predicted molar refractivity (Wildman–Crippen MR) is 109 cm³/mol. The number of aryl methyl sites for hydroxylation is 2. The van der Waals surface area contributed by atoms with Crippen LogP contribution in [0, 0.1) is 18.4 Å². The third-order valence-corrected chi connectivity index (χ3v) is 6.29. The standard InChI is InChI=1S/C18H21F3N6O3S/c1-11-12(9-25-6-4-23-16(25)24-10-22)31-15-13(11)14(28)26(7-8-30-2)17(29)27(15)5-3-18(19,20)21/h3-9H2,1-2H3,(H,23,24). The number of nitrogens with one attached hydrogen (secondary N) is 1. The Morgan fingerprint density at radius 1 is 1.29 bits per heavy atom. The molecule has 1 aliphatic rings. The van der Waals surface area contributed by atoms with Crippen LogP contribution in [0.15, 0.2) is 14.6 Å². The molecule has 1 fully saturated rings. The van der Waals surface area contributed by atoms with E-state index in [1.807, 2.05) is 4.90 Å². The number of halogens is 3. The number of aliphatic imine (C=N–C) groups is 1. The topological polar surface area (TPSA) is 105 Å². The van der Waals surface area contributed by atoms with Crippen molar-refractivity contribution in [1.82, 2.24) is 19.4 Å². The van der Waals surface area contributed by atoms with Crippen LogP contribution in [0.1, 0.15) is 16.9 Å². The van der Waals surface area contributed by atoms with Gasteiger partial charge in [0.2, 0.25) is 12.2 Å². The molecule has 1 N–H and O–H groups in total. The Morgan fingerprint density at radius 3 is 2.68 bits per heavy atom. The monoisotopic (exact) mass is 458 g/mol. The smallest absolute Gasteiger partial charge is 0.383 e. The second-order valence-corrected chi connectivity index (χ2v) is 8.05. The van der Waals surface area contributed by atoms with Crippen LogP contribution in [-0.4, -0.2) is 53.0 Å². The number of hydrogen-bond acceptors (Lipinski definition) is 6. The summed E-state index contributed by atoms with van der Waals surface area (Å²) in [6, 6.07) is 0. The van der Waals surface area contributed by atoms with E-state index in [0.717, 1.165) is 20.5 Å². The van der Waals surface area contributed by atoms with Crippen LogP contribution in [0.2, 0.25) is 0 Å². The highest BCUT2D eigenvalue weighted by atomic mass is 32.1. The van der Waals surface area contributed by atoms with Gasteiger partial charge in [0.25, 0.3) is 5.56 Å². The number of nitrogens with zero attached hydrogens (tertiary/aromatic N) is 5. The molecule has 0 unspecified atom stereocenters. The van der Waals surface area contributed by atoms with Gasteiger partial charge in [0.15, 0.2) is 0 Å². The number of fused-ring (bicyclic) bond motifs is 1. The van der Waals surface area contributed by atoms with E-state index in [0.29, 0.717) is 36.0 Å². The second kappa shape index (κ2) is 9.11. The summed E-state index contributed by atoms with van der Waals surface area (Å²) in [7, 11) is 1.41. The fourth-order valence-corrected chi connectivity index (χ4v) is 4.74. The lowest BCUT2D eigenvalue weighted by Gasteiger charge is -2.15. The Bertz CT molecular complexity index is 1160. The first-order valence-electron chi connectivity index (χ1n) is 9.44. The minimum absolute atomic E-state index is 0.0598. The summed E-state index contributed by atoms with van der Waals surface area (Å²) in [6.45, 7) is 2.61. The minimum Gasteiger partial charge on any atom is -0.383 e. The lowest BCUT2D eigenvalue weighted by atomic mass is 10.2. The quantitative estimate of drug-likeness (QED) is 0.629. The summed E-state index contributed by atoms with van der Waals surface area (Å²) in [5.41, 5.74) is -0.743. The molecule has 9 nitrogen and oxygen atoms in total. The molecule has 1 aliphatic heterocycles. The van der Waals surface area contributed by atoms with E-state index in [1.165, 1.54) is 7.11 Å². The summed E-state index contributed by atoms with van der Waals surface area (Å²) in [4.78, 5) is 32.4. The summed E-state index contributed by atoms with van der Waals surface area (Å²) in [5.74, 6) is 0.395. The van der Waals surface area contributed by atoms with E-state index in [9.17, 15) is 22.8 Å². The molecular formula is C18H21F3N6O3S. The average molecular weight is 458 g/mol. The summed E-state index contributed by atoms with van der Waals surface area (Å²) < 4.78 is 45.5. The van der Waals surface area contributed by atoms with E-state index >= 15 is 0 Å². The highest BCUT2D eigenvalue weighted by Gasteiger charge is 2.29. The highest BCUT2D eigenvalue weighted by molar-refractivity contribution is 7.18. The summed E-state index contributed by atoms with van der Waals surface area (Å²) in [6.07, 6.45) is -3.91. The van der Waals surface area contributed by atoms with Gasteiger partial charge < -0.3 is 15.0 Å². The second-order valence-electron chi connectivity index (χ2n) is 6.96. The average Bonchev–Trinajstić information content (AvgIpc) is 3.26. The van der Waals surface area contributed by atoms with Gasteiger partial charge in [0, 0.05) is 31.6 Å². The number of nitriles is 1. The van der Waals surface area contributed by atoms with E-state index < -0.39 is 30.4 Å². The number of rotatable bonds is 7. The fraction of sp³-hybridized carbons (Fsp3) is 0.556. The Morgan fingerprint density at radius 2 is 2.03 bits per heavy atom. The Hall–Kier alpha value is -2.85. The van der Waals surface area contributed by atoms with Crippen molar-refractivity contribution in [2.75, 3.05) is 26.8 Å². The number of aromatic nitrogens is 2. The van der Waals surface area contributed by atoms with E-state index in [2.05, 4.69) is 10.3 Å². The Labute approximate surface area is 179 Å². The zero-order chi connectivity index (χ0) is 22.8. The van der Waals surface area contributed by atoms with Crippen molar-refractivity contribution in [2.24, 2.45) is 4.99 Å². The molecule has 0 amide bonds. The van der Waals surface area contributed by atoms with Crippen molar-refractivity contribution >= 4 is 27.5 Å². The van der Waals surface area contributed by atoms with Crippen molar-refractivity contribution < 1.29 is 17.9 Å². The van der Waals surface area contributed by atoms with Crippen molar-refractivity contribution in [3.05, 3.63) is 31.3 Å². The molecular weight excluding hydrogens is 437 g/mol. The molecule has 1 saturated heterocycles. The van der Waals surface area contributed by atoms with E-state index in [4.69, 9.17) is 10.00 Å². The molecule has 13 heteroatoms. The van der Waals surface area contributed by atoms with Gasteiger partial charge in [-0.25, -0.2) is 4.79 Å². The number of methoxy groups -OCH3 is 1. The molecule has 0 aliphatic carbocycles. The van der Waals surface area contributed by atoms with Crippen LogP contribution in [0.4, 0.5) is 13.2 Å². The van der Waals surface area contributed by atoms with Gasteiger partial charge >= 0.3 is 11.9 Å². The fourth-order valence-electron chi connectivity index (χ4n) is 3.41. The summed E-state index contributed by atoms with van der Waals surface area (Å²) in [5, 5.41) is 12.0. The molecule has 0 radical (unpaired) electrons. The maximum absolute atomic E-state index is 13.0. The molecule has 0 aromatic carbocycles. The molecule has 2 aromatic rings. The number of alkyl halides is 3. The normalized spacial score (nSPS) is 15.6. The van der Waals surface area contributed by atoms with Gasteiger partial charge in [-0.2, -0.15) is 18.4 Å². The van der Waals surface area contributed by atoms with Crippen molar-refractivity contribution in [1.29, 1.82) is 5.26 Å². The third kappa shape index (κ3) is 4.75. The first-order valence-corrected chi connectivity index (χ1v) is 10.3. The van der Waals surface area contributed by atoms with Gasteiger partial charge in [-0.15, -0.1) is 16.3 Å². The Balaban J connectivity index is 2.13. The van der Waals surface area contributed by atoms with Crippen LogP contribution >= 0.6 is 11.3 Å². The van der Waals surface area contributed by atoms with Gasteiger partial charge in [-0.05, 0) is 12.5 Å². The van der Waals surface area contributed by atoms with Crippen LogP contribution < -0.4 is 16.6 Å². The van der Waals surface area contributed by atoms with Crippen molar-refractivity contribution in [3.8, 4) is 6.19 Å². The molecule has 3 heterocycles. The van der Waals surface area contributed by atoms with Crippen LogP contribution in [0.5, 0.6) is 0 Å². The molecule has 0 saturated carbocycles.